The van der Waals surface area contributed by atoms with Crippen LogP contribution in [0.5, 0.6) is 0 Å². The molecule has 0 bridgehead atoms. The van der Waals surface area contributed by atoms with Crippen LogP contribution in [0.25, 0.3) is 11.0 Å². The number of hydrogen-bond donors (Lipinski definition) is 0. The third kappa shape index (κ3) is 2.19. The Balaban J connectivity index is 2.04. The van der Waals surface area contributed by atoms with Gasteiger partial charge < -0.3 is 0 Å². The molecule has 3 heteroatoms. The van der Waals surface area contributed by atoms with E-state index in [0.717, 1.165) is 20.1 Å². The average molecular weight is 352 g/mol. The predicted octanol–water partition coefficient (Wildman–Crippen LogP) is 2.85. The molecule has 3 rings (SSSR count). The van der Waals surface area contributed by atoms with Gasteiger partial charge in [0.05, 0.1) is 0 Å². The number of hydrogen-bond acceptors (Lipinski definition) is 1. The van der Waals surface area contributed by atoms with Crippen LogP contribution < -0.4 is 9.12 Å². The maximum absolute atomic E-state index is 5.88. The van der Waals surface area contributed by atoms with Crippen molar-refractivity contribution >= 4 is 51.0 Å². The summed E-state index contributed by atoms with van der Waals surface area (Å²) in [6.07, 6.45) is 0. The van der Waals surface area contributed by atoms with E-state index in [1.54, 1.807) is 0 Å². The van der Waals surface area contributed by atoms with Crippen molar-refractivity contribution in [3.63, 3.8) is 0 Å². The Morgan fingerprint density at radius 1 is 0.882 bits per heavy atom. The molecule has 1 nitrogen and oxygen atoms in total. The van der Waals surface area contributed by atoms with E-state index in [4.69, 9.17) is 4.42 Å². The van der Waals surface area contributed by atoms with Crippen molar-refractivity contribution < 1.29 is 4.42 Å². The van der Waals surface area contributed by atoms with Gasteiger partial charge in [0.15, 0.2) is 0 Å². The molecule has 1 aromatic heterocycles. The Hall–Kier alpha value is -1.02. The van der Waals surface area contributed by atoms with Gasteiger partial charge in [0, 0.05) is 0 Å². The van der Waals surface area contributed by atoms with Crippen LogP contribution in [0.3, 0.4) is 0 Å². The van der Waals surface area contributed by atoms with Gasteiger partial charge in [0.2, 0.25) is 0 Å². The SMILES string of the molecule is Brc1c([Se]c2ccccc2)oc2ccccc12. The van der Waals surface area contributed by atoms with E-state index in [9.17, 15) is 0 Å². The van der Waals surface area contributed by atoms with E-state index in [-0.39, 0.29) is 15.0 Å². The summed E-state index contributed by atoms with van der Waals surface area (Å²) in [5.74, 6) is 0. The second-order valence-electron chi connectivity index (χ2n) is 3.61. The molecule has 0 aliphatic rings. The first kappa shape index (κ1) is 11.1. The first-order valence-electron chi connectivity index (χ1n) is 5.24. The Morgan fingerprint density at radius 2 is 1.59 bits per heavy atom. The summed E-state index contributed by atoms with van der Waals surface area (Å²) in [6, 6.07) is 18.5. The Labute approximate surface area is 114 Å². The van der Waals surface area contributed by atoms with Crippen LogP contribution in [0.2, 0.25) is 0 Å². The Kier molecular flexibility index (Phi) is 3.06. The molecule has 0 aliphatic carbocycles. The second kappa shape index (κ2) is 4.69. The van der Waals surface area contributed by atoms with Crippen molar-refractivity contribution in [2.24, 2.45) is 0 Å². The molecule has 0 amide bonds. The van der Waals surface area contributed by atoms with E-state index in [1.807, 2.05) is 24.3 Å². The molecule has 1 heterocycles. The molecule has 2 aromatic carbocycles. The van der Waals surface area contributed by atoms with Crippen LogP contribution in [0.4, 0.5) is 0 Å². The standard InChI is InChI=1S/C14H9BrOSe/c15-13-11-8-4-5-9-12(11)16-14(13)17-10-6-2-1-3-7-10/h1-9H. The molecule has 0 saturated heterocycles. The van der Waals surface area contributed by atoms with Crippen LogP contribution in [0.15, 0.2) is 63.5 Å². The fraction of sp³-hybridized carbons (Fsp3) is 0. The van der Waals surface area contributed by atoms with E-state index < -0.39 is 0 Å². The average Bonchev–Trinajstić information content (AvgIpc) is 2.68. The van der Waals surface area contributed by atoms with Gasteiger partial charge in [0.25, 0.3) is 0 Å². The Bertz CT molecular complexity index is 646. The molecule has 0 radical (unpaired) electrons. The van der Waals surface area contributed by atoms with Crippen molar-refractivity contribution in [3.8, 4) is 0 Å². The molecule has 0 N–H and O–H groups in total. The first-order valence-corrected chi connectivity index (χ1v) is 7.75. The van der Waals surface area contributed by atoms with Gasteiger partial charge in [0.1, 0.15) is 0 Å². The van der Waals surface area contributed by atoms with Gasteiger partial charge in [-0.1, -0.05) is 0 Å². The van der Waals surface area contributed by atoms with Crippen molar-refractivity contribution in [1.82, 2.24) is 0 Å². The first-order chi connectivity index (χ1) is 8.34. The number of para-hydroxylation sites is 1. The van der Waals surface area contributed by atoms with Crippen LogP contribution >= 0.6 is 15.9 Å². The van der Waals surface area contributed by atoms with Gasteiger partial charge in [-0.3, -0.25) is 0 Å². The molecule has 0 saturated carbocycles. The van der Waals surface area contributed by atoms with Crippen molar-refractivity contribution in [1.29, 1.82) is 0 Å². The zero-order chi connectivity index (χ0) is 11.7. The van der Waals surface area contributed by atoms with Crippen LogP contribution in [0, 0.1) is 0 Å². The van der Waals surface area contributed by atoms with Gasteiger partial charge >= 0.3 is 114 Å². The van der Waals surface area contributed by atoms with Crippen molar-refractivity contribution in [3.05, 3.63) is 59.1 Å². The Morgan fingerprint density at radius 3 is 2.35 bits per heavy atom. The number of halogens is 1. The van der Waals surface area contributed by atoms with Crippen molar-refractivity contribution in [2.75, 3.05) is 0 Å². The van der Waals surface area contributed by atoms with E-state index in [2.05, 4.69) is 46.3 Å². The van der Waals surface area contributed by atoms with Gasteiger partial charge in [-0.25, -0.2) is 0 Å². The normalized spacial score (nSPS) is 10.9. The number of rotatable bonds is 2. The summed E-state index contributed by atoms with van der Waals surface area (Å²) in [5, 5.41) is 1.15. The third-order valence-corrected chi connectivity index (χ3v) is 5.89. The molecule has 3 aromatic rings. The molecule has 0 aliphatic heterocycles. The molecule has 0 atom stereocenters. The van der Waals surface area contributed by atoms with E-state index >= 15 is 0 Å². The topological polar surface area (TPSA) is 13.1 Å². The number of benzene rings is 2. The fourth-order valence-electron chi connectivity index (χ4n) is 1.65. The number of furan rings is 1. The summed E-state index contributed by atoms with van der Waals surface area (Å²) >= 11 is 3.84. The van der Waals surface area contributed by atoms with Crippen LogP contribution in [-0.2, 0) is 0 Å². The summed E-state index contributed by atoms with van der Waals surface area (Å²) < 4.78 is 9.34. The maximum atomic E-state index is 5.88. The zero-order valence-electron chi connectivity index (χ0n) is 8.89. The molecule has 0 spiro atoms. The van der Waals surface area contributed by atoms with Gasteiger partial charge in [-0.15, -0.1) is 0 Å². The van der Waals surface area contributed by atoms with Gasteiger partial charge in [-0.05, 0) is 0 Å². The van der Waals surface area contributed by atoms with E-state index in [0.29, 0.717) is 0 Å². The predicted molar refractivity (Wildman–Crippen MR) is 75.4 cm³/mol. The second-order valence-corrected chi connectivity index (χ2v) is 6.60. The minimum atomic E-state index is 0.207. The molecule has 84 valence electrons. The summed E-state index contributed by atoms with van der Waals surface area (Å²) in [4.78, 5) is 0. The monoisotopic (exact) mass is 352 g/mol. The summed E-state index contributed by atoms with van der Waals surface area (Å²) in [7, 11) is 0. The summed E-state index contributed by atoms with van der Waals surface area (Å²) in [6.45, 7) is 0. The quantitative estimate of drug-likeness (QED) is 0.647. The van der Waals surface area contributed by atoms with E-state index in [1.165, 1.54) is 4.46 Å². The van der Waals surface area contributed by atoms with Crippen LogP contribution in [0.1, 0.15) is 0 Å². The molecule has 17 heavy (non-hydrogen) atoms. The molecule has 0 unspecified atom stereocenters. The minimum absolute atomic E-state index is 0.207. The number of fused-ring (bicyclic) bond motifs is 1. The zero-order valence-corrected chi connectivity index (χ0v) is 12.2. The molecule has 0 fully saturated rings. The van der Waals surface area contributed by atoms with Crippen molar-refractivity contribution in [2.45, 2.75) is 0 Å². The molecular formula is C14H9BrOSe. The molecular weight excluding hydrogens is 343 g/mol. The summed E-state index contributed by atoms with van der Waals surface area (Å²) in [5.41, 5.74) is 0.951. The van der Waals surface area contributed by atoms with Gasteiger partial charge in [-0.2, -0.15) is 0 Å². The van der Waals surface area contributed by atoms with Crippen LogP contribution in [-0.4, -0.2) is 15.0 Å². The fourth-order valence-corrected chi connectivity index (χ4v) is 4.24. The third-order valence-electron chi connectivity index (χ3n) is 2.46.